The van der Waals surface area contributed by atoms with Crippen molar-refractivity contribution in [3.05, 3.63) is 41.1 Å². The van der Waals surface area contributed by atoms with E-state index < -0.39 is 11.7 Å². The van der Waals surface area contributed by atoms with Crippen LogP contribution in [-0.4, -0.2) is 73.0 Å². The summed E-state index contributed by atoms with van der Waals surface area (Å²) >= 11 is 0. The molecule has 1 aliphatic carbocycles. The molecule has 164 valence electrons. The van der Waals surface area contributed by atoms with Gasteiger partial charge in [0.25, 0.3) is 0 Å². The van der Waals surface area contributed by atoms with Crippen molar-refractivity contribution in [2.75, 3.05) is 45.9 Å². The molecule has 4 aliphatic rings. The van der Waals surface area contributed by atoms with Crippen LogP contribution < -0.4 is 4.74 Å². The molecule has 3 aliphatic heterocycles. The Morgan fingerprint density at radius 3 is 2.80 bits per heavy atom. The fraction of sp³-hybridized carbons (Fsp3) is 0.636. The number of halogens is 3. The number of ether oxygens (including phenoxy) is 2. The molecule has 3 heterocycles. The minimum absolute atomic E-state index is 0.0447. The Labute approximate surface area is 175 Å². The Balaban J connectivity index is 1.18. The third-order valence-corrected chi connectivity index (χ3v) is 6.68. The van der Waals surface area contributed by atoms with Crippen LogP contribution in [0.1, 0.15) is 30.4 Å². The summed E-state index contributed by atoms with van der Waals surface area (Å²) in [5, 5.41) is 4.57. The van der Waals surface area contributed by atoms with E-state index in [1.165, 1.54) is 37.1 Å². The number of hydrazine groups is 1. The van der Waals surface area contributed by atoms with Crippen LogP contribution in [0.5, 0.6) is 5.75 Å². The molecule has 0 bridgehead atoms. The van der Waals surface area contributed by atoms with E-state index in [0.29, 0.717) is 30.4 Å². The lowest BCUT2D eigenvalue weighted by Gasteiger charge is -2.44. The molecule has 8 heteroatoms. The Hall–Kier alpha value is -1.77. The first kappa shape index (κ1) is 20.2. The van der Waals surface area contributed by atoms with Gasteiger partial charge in [-0.25, -0.2) is 5.01 Å². The first-order valence-corrected chi connectivity index (χ1v) is 10.9. The molecule has 0 radical (unpaired) electrons. The zero-order chi connectivity index (χ0) is 20.7. The van der Waals surface area contributed by atoms with Crippen molar-refractivity contribution in [1.82, 2.24) is 14.9 Å². The molecule has 1 saturated carbocycles. The predicted octanol–water partition coefficient (Wildman–Crippen LogP) is 3.31. The van der Waals surface area contributed by atoms with Gasteiger partial charge in [-0.3, -0.25) is 4.90 Å². The number of rotatable bonds is 5. The highest BCUT2D eigenvalue weighted by molar-refractivity contribution is 5.40. The minimum Gasteiger partial charge on any atom is -0.492 e. The Morgan fingerprint density at radius 2 is 2.03 bits per heavy atom. The number of nitrogens with zero attached hydrogens (tertiary/aromatic N) is 3. The molecule has 2 fully saturated rings. The maximum absolute atomic E-state index is 13.1. The lowest BCUT2D eigenvalue weighted by molar-refractivity contribution is -0.137. The van der Waals surface area contributed by atoms with Gasteiger partial charge < -0.3 is 14.5 Å². The fourth-order valence-corrected chi connectivity index (χ4v) is 4.70. The highest BCUT2D eigenvalue weighted by Crippen LogP contribution is 2.36. The van der Waals surface area contributed by atoms with Crippen LogP contribution in [0.3, 0.4) is 0 Å². The van der Waals surface area contributed by atoms with E-state index in [-0.39, 0.29) is 6.04 Å². The Kier molecular flexibility index (Phi) is 5.41. The standard InChI is InChI=1S/C22H28F3N3O2/c23-22(24,25)17-4-5-21-16(12-17)13-19(15-30-21)27-7-6-18-14-26(8-9-28(18)27)10-11-29-20-2-1-3-20/h4-6,12,19-20H,1-3,7-11,13-15H2/t19-/m1/s1. The van der Waals surface area contributed by atoms with Crippen LogP contribution in [0, 0.1) is 0 Å². The van der Waals surface area contributed by atoms with Gasteiger partial charge in [0.2, 0.25) is 0 Å². The van der Waals surface area contributed by atoms with Crippen LogP contribution >= 0.6 is 0 Å². The van der Waals surface area contributed by atoms with Gasteiger partial charge in [0.15, 0.2) is 0 Å². The molecule has 0 amide bonds. The summed E-state index contributed by atoms with van der Waals surface area (Å²) in [4.78, 5) is 2.42. The highest BCUT2D eigenvalue weighted by atomic mass is 19.4. The number of benzene rings is 1. The molecule has 5 nitrogen and oxygen atoms in total. The van der Waals surface area contributed by atoms with E-state index in [1.807, 2.05) is 0 Å². The van der Waals surface area contributed by atoms with Crippen molar-refractivity contribution in [3.63, 3.8) is 0 Å². The number of alkyl halides is 3. The van der Waals surface area contributed by atoms with Crippen molar-refractivity contribution < 1.29 is 22.6 Å². The second-order valence-electron chi connectivity index (χ2n) is 8.63. The second-order valence-corrected chi connectivity index (χ2v) is 8.63. The first-order valence-electron chi connectivity index (χ1n) is 10.9. The summed E-state index contributed by atoms with van der Waals surface area (Å²) in [5.74, 6) is 0.572. The van der Waals surface area contributed by atoms with Gasteiger partial charge >= 0.3 is 6.18 Å². The SMILES string of the molecule is FC(F)(F)c1ccc2c(c1)C[C@@H](N1CC=C3CN(CCOC4CCC4)CCN31)CO2. The van der Waals surface area contributed by atoms with E-state index in [1.54, 1.807) is 0 Å². The largest absolute Gasteiger partial charge is 0.492 e. The van der Waals surface area contributed by atoms with Gasteiger partial charge in [0.1, 0.15) is 12.4 Å². The molecule has 1 aromatic carbocycles. The van der Waals surface area contributed by atoms with Gasteiger partial charge in [-0.15, -0.1) is 0 Å². The average molecular weight is 423 g/mol. The lowest BCUT2D eigenvalue weighted by atomic mass is 9.96. The van der Waals surface area contributed by atoms with Gasteiger partial charge in [0, 0.05) is 38.4 Å². The van der Waals surface area contributed by atoms with Crippen LogP contribution in [0.25, 0.3) is 0 Å². The van der Waals surface area contributed by atoms with Crippen LogP contribution in [-0.2, 0) is 17.3 Å². The summed E-state index contributed by atoms with van der Waals surface area (Å²) in [6, 6.07) is 3.84. The smallest absolute Gasteiger partial charge is 0.416 e. The van der Waals surface area contributed by atoms with Crippen molar-refractivity contribution in [2.24, 2.45) is 0 Å². The zero-order valence-electron chi connectivity index (χ0n) is 17.0. The summed E-state index contributed by atoms with van der Waals surface area (Å²) < 4.78 is 51.0. The summed E-state index contributed by atoms with van der Waals surface area (Å²) in [6.07, 6.45) is 2.63. The molecule has 1 saturated heterocycles. The predicted molar refractivity (Wildman–Crippen MR) is 106 cm³/mol. The van der Waals surface area contributed by atoms with Crippen molar-refractivity contribution in [2.45, 2.75) is 44.0 Å². The minimum atomic E-state index is -4.33. The third-order valence-electron chi connectivity index (χ3n) is 6.68. The van der Waals surface area contributed by atoms with Crippen LogP contribution in [0.2, 0.25) is 0 Å². The molecular formula is C22H28F3N3O2. The van der Waals surface area contributed by atoms with E-state index in [2.05, 4.69) is 21.0 Å². The molecule has 5 rings (SSSR count). The quantitative estimate of drug-likeness (QED) is 0.725. The zero-order valence-corrected chi connectivity index (χ0v) is 17.0. The monoisotopic (exact) mass is 423 g/mol. The molecule has 1 aromatic rings. The molecule has 30 heavy (non-hydrogen) atoms. The van der Waals surface area contributed by atoms with Gasteiger partial charge in [-0.1, -0.05) is 0 Å². The maximum atomic E-state index is 13.1. The number of piperazine rings is 1. The van der Waals surface area contributed by atoms with E-state index in [0.717, 1.165) is 45.4 Å². The average Bonchev–Trinajstić information content (AvgIpc) is 3.11. The van der Waals surface area contributed by atoms with Crippen molar-refractivity contribution >= 4 is 0 Å². The molecule has 0 N–H and O–H groups in total. The molecule has 0 unspecified atom stereocenters. The Morgan fingerprint density at radius 1 is 1.17 bits per heavy atom. The van der Waals surface area contributed by atoms with Crippen molar-refractivity contribution in [3.8, 4) is 5.75 Å². The molecular weight excluding hydrogens is 395 g/mol. The van der Waals surface area contributed by atoms with E-state index in [4.69, 9.17) is 9.47 Å². The Bertz CT molecular complexity index is 809. The maximum Gasteiger partial charge on any atom is 0.416 e. The number of hydrogen-bond donors (Lipinski definition) is 0. The number of fused-ring (bicyclic) bond motifs is 2. The van der Waals surface area contributed by atoms with Crippen molar-refractivity contribution in [1.29, 1.82) is 0 Å². The molecule has 0 aromatic heterocycles. The topological polar surface area (TPSA) is 28.2 Å². The van der Waals surface area contributed by atoms with E-state index in [9.17, 15) is 13.2 Å². The summed E-state index contributed by atoms with van der Waals surface area (Å²) in [5.41, 5.74) is 1.31. The lowest BCUT2D eigenvalue weighted by Crippen LogP contribution is -2.55. The molecule has 1 atom stereocenters. The van der Waals surface area contributed by atoms with Gasteiger partial charge in [-0.05, 0) is 55.5 Å². The first-order chi connectivity index (χ1) is 14.5. The normalized spacial score (nSPS) is 25.4. The van der Waals surface area contributed by atoms with E-state index >= 15 is 0 Å². The fourth-order valence-electron chi connectivity index (χ4n) is 4.70. The second kappa shape index (κ2) is 8.05. The summed E-state index contributed by atoms with van der Waals surface area (Å²) in [6.45, 7) is 5.76. The number of hydrogen-bond acceptors (Lipinski definition) is 5. The molecule has 0 spiro atoms. The van der Waals surface area contributed by atoms with Gasteiger partial charge in [0.05, 0.1) is 24.3 Å². The van der Waals surface area contributed by atoms with Gasteiger partial charge in [-0.2, -0.15) is 13.2 Å². The van der Waals surface area contributed by atoms with Crippen LogP contribution in [0.4, 0.5) is 13.2 Å². The van der Waals surface area contributed by atoms with Crippen LogP contribution in [0.15, 0.2) is 30.0 Å². The highest BCUT2D eigenvalue weighted by Gasteiger charge is 2.37. The third kappa shape index (κ3) is 4.05. The summed E-state index contributed by atoms with van der Waals surface area (Å²) in [7, 11) is 0.